The van der Waals surface area contributed by atoms with Gasteiger partial charge in [-0.2, -0.15) is 5.26 Å². The molecule has 3 nitrogen and oxygen atoms in total. The Bertz CT molecular complexity index is 615. The van der Waals surface area contributed by atoms with Crippen LogP contribution in [-0.4, -0.2) is 14.2 Å². The molecule has 0 fully saturated rings. The standard InChI is InChI=1S/C14H12INO2/c1-17-14(15,18-2)13-8-11-6-4-3-5-10(11)7-12(13)9-16/h3-8H,1-2H3. The van der Waals surface area contributed by atoms with E-state index in [2.05, 4.69) is 28.7 Å². The molecule has 92 valence electrons. The van der Waals surface area contributed by atoms with Crippen LogP contribution < -0.4 is 0 Å². The summed E-state index contributed by atoms with van der Waals surface area (Å²) in [4.78, 5) is 0. The summed E-state index contributed by atoms with van der Waals surface area (Å²) < 4.78 is 9.82. The second kappa shape index (κ2) is 5.22. The lowest BCUT2D eigenvalue weighted by Gasteiger charge is -2.25. The van der Waals surface area contributed by atoms with Crippen LogP contribution in [0.4, 0.5) is 0 Å². The minimum absolute atomic E-state index is 0.562. The van der Waals surface area contributed by atoms with Crippen LogP contribution in [0.2, 0.25) is 0 Å². The molecule has 0 unspecified atom stereocenters. The summed E-state index contributed by atoms with van der Waals surface area (Å²) >= 11 is 2.05. The Kier molecular flexibility index (Phi) is 3.85. The molecule has 0 spiro atoms. The second-order valence-corrected chi connectivity index (χ2v) is 5.22. The molecule has 0 amide bonds. The predicted molar refractivity (Wildman–Crippen MR) is 78.4 cm³/mol. The molecule has 0 saturated heterocycles. The highest BCUT2D eigenvalue weighted by atomic mass is 127. The number of alkyl halides is 1. The van der Waals surface area contributed by atoms with Crippen LogP contribution in [0, 0.1) is 11.3 Å². The number of benzene rings is 2. The molecule has 0 atom stereocenters. The van der Waals surface area contributed by atoms with Gasteiger partial charge in [-0.05, 0) is 45.5 Å². The van der Waals surface area contributed by atoms with E-state index >= 15 is 0 Å². The van der Waals surface area contributed by atoms with Crippen molar-refractivity contribution < 1.29 is 9.47 Å². The minimum Gasteiger partial charge on any atom is -0.341 e. The van der Waals surface area contributed by atoms with Crippen molar-refractivity contribution in [1.82, 2.24) is 0 Å². The van der Waals surface area contributed by atoms with E-state index in [4.69, 9.17) is 9.47 Å². The normalized spacial score (nSPS) is 11.4. The molecule has 2 aromatic rings. The van der Waals surface area contributed by atoms with Crippen molar-refractivity contribution in [2.75, 3.05) is 14.2 Å². The number of nitriles is 1. The first kappa shape index (κ1) is 13.3. The maximum atomic E-state index is 9.27. The van der Waals surface area contributed by atoms with Crippen molar-refractivity contribution in [3.63, 3.8) is 0 Å². The number of hydrogen-bond acceptors (Lipinski definition) is 3. The molecule has 0 aliphatic carbocycles. The zero-order chi connectivity index (χ0) is 13.2. The summed E-state index contributed by atoms with van der Waals surface area (Å²) in [6.07, 6.45) is 0. The van der Waals surface area contributed by atoms with Gasteiger partial charge >= 0.3 is 0 Å². The quantitative estimate of drug-likeness (QED) is 0.482. The van der Waals surface area contributed by atoms with Crippen molar-refractivity contribution in [2.45, 2.75) is 3.79 Å². The predicted octanol–water partition coefficient (Wildman–Crippen LogP) is 3.55. The Hall–Kier alpha value is -1.16. The van der Waals surface area contributed by atoms with Crippen LogP contribution in [0.25, 0.3) is 10.8 Å². The highest BCUT2D eigenvalue weighted by Gasteiger charge is 2.31. The first-order valence-corrected chi connectivity index (χ1v) is 6.45. The second-order valence-electron chi connectivity index (χ2n) is 3.80. The fraction of sp³-hybridized carbons (Fsp3) is 0.214. The summed E-state index contributed by atoms with van der Waals surface area (Å²) in [5, 5.41) is 11.4. The molecule has 0 heterocycles. The Balaban J connectivity index is 2.73. The fourth-order valence-corrected chi connectivity index (χ4v) is 2.33. The van der Waals surface area contributed by atoms with E-state index in [9.17, 15) is 5.26 Å². The van der Waals surface area contributed by atoms with E-state index in [0.717, 1.165) is 16.3 Å². The van der Waals surface area contributed by atoms with Gasteiger partial charge in [-0.15, -0.1) is 0 Å². The van der Waals surface area contributed by atoms with Gasteiger partial charge in [0, 0.05) is 19.8 Å². The minimum atomic E-state index is -0.938. The van der Waals surface area contributed by atoms with E-state index in [0.29, 0.717) is 5.56 Å². The zero-order valence-electron chi connectivity index (χ0n) is 10.1. The fourth-order valence-electron chi connectivity index (χ4n) is 1.88. The summed E-state index contributed by atoms with van der Waals surface area (Å²) in [6.45, 7) is 0. The van der Waals surface area contributed by atoms with Crippen LogP contribution in [0.15, 0.2) is 36.4 Å². The van der Waals surface area contributed by atoms with Crippen LogP contribution in [0.1, 0.15) is 11.1 Å². The maximum Gasteiger partial charge on any atom is 0.249 e. The van der Waals surface area contributed by atoms with Crippen molar-refractivity contribution in [3.8, 4) is 6.07 Å². The SMILES string of the molecule is COC(I)(OC)c1cc2ccccc2cc1C#N. The topological polar surface area (TPSA) is 42.2 Å². The van der Waals surface area contributed by atoms with Crippen molar-refractivity contribution >= 4 is 33.4 Å². The van der Waals surface area contributed by atoms with Gasteiger partial charge in [-0.3, -0.25) is 0 Å². The van der Waals surface area contributed by atoms with E-state index in [1.807, 2.05) is 36.4 Å². The largest absolute Gasteiger partial charge is 0.341 e. The van der Waals surface area contributed by atoms with Gasteiger partial charge < -0.3 is 9.47 Å². The molecule has 0 radical (unpaired) electrons. The Morgan fingerprint density at radius 1 is 1.11 bits per heavy atom. The van der Waals surface area contributed by atoms with Gasteiger partial charge in [0.05, 0.1) is 11.6 Å². The number of rotatable bonds is 3. The van der Waals surface area contributed by atoms with Gasteiger partial charge in [-0.1, -0.05) is 24.3 Å². The molecule has 2 rings (SSSR count). The molecule has 0 aliphatic rings. The molecular formula is C14H12INO2. The lowest BCUT2D eigenvalue weighted by molar-refractivity contribution is -0.124. The first-order chi connectivity index (χ1) is 8.64. The lowest BCUT2D eigenvalue weighted by Crippen LogP contribution is -2.24. The summed E-state index contributed by atoms with van der Waals surface area (Å²) in [5.41, 5.74) is 1.29. The van der Waals surface area contributed by atoms with Crippen molar-refractivity contribution in [2.24, 2.45) is 0 Å². The molecular weight excluding hydrogens is 341 g/mol. The maximum absolute atomic E-state index is 9.27. The molecule has 0 bridgehead atoms. The molecule has 0 aromatic heterocycles. The number of fused-ring (bicyclic) bond motifs is 1. The highest BCUT2D eigenvalue weighted by Crippen LogP contribution is 2.37. The third-order valence-corrected chi connectivity index (χ3v) is 4.32. The van der Waals surface area contributed by atoms with Gasteiger partial charge in [0.1, 0.15) is 0 Å². The third-order valence-electron chi connectivity index (χ3n) is 2.85. The average Bonchev–Trinajstić information content (AvgIpc) is 2.45. The third kappa shape index (κ3) is 2.21. The number of methoxy groups -OCH3 is 2. The van der Waals surface area contributed by atoms with Gasteiger partial charge in [0.25, 0.3) is 0 Å². The Morgan fingerprint density at radius 2 is 1.67 bits per heavy atom. The van der Waals surface area contributed by atoms with Crippen LogP contribution in [0.5, 0.6) is 0 Å². The van der Waals surface area contributed by atoms with Crippen LogP contribution in [-0.2, 0) is 13.3 Å². The smallest absolute Gasteiger partial charge is 0.249 e. The summed E-state index contributed by atoms with van der Waals surface area (Å²) in [5.74, 6) is 0. The monoisotopic (exact) mass is 353 g/mol. The highest BCUT2D eigenvalue weighted by molar-refractivity contribution is 14.1. The molecule has 18 heavy (non-hydrogen) atoms. The number of nitrogens with zero attached hydrogens (tertiary/aromatic N) is 1. The van der Waals surface area contributed by atoms with Gasteiger partial charge in [0.2, 0.25) is 3.79 Å². The number of halogens is 1. The summed E-state index contributed by atoms with van der Waals surface area (Å²) in [7, 11) is 3.12. The van der Waals surface area contributed by atoms with Crippen molar-refractivity contribution in [1.29, 1.82) is 5.26 Å². The van der Waals surface area contributed by atoms with Crippen molar-refractivity contribution in [3.05, 3.63) is 47.5 Å². The number of hydrogen-bond donors (Lipinski definition) is 0. The van der Waals surface area contributed by atoms with Crippen LogP contribution >= 0.6 is 22.6 Å². The van der Waals surface area contributed by atoms with E-state index < -0.39 is 3.79 Å². The summed E-state index contributed by atoms with van der Waals surface area (Å²) in [6, 6.07) is 13.9. The lowest BCUT2D eigenvalue weighted by atomic mass is 10.0. The molecule has 4 heteroatoms. The zero-order valence-corrected chi connectivity index (χ0v) is 12.3. The molecule has 2 aromatic carbocycles. The molecule has 0 aliphatic heterocycles. The Labute approximate surface area is 119 Å². The molecule has 0 N–H and O–H groups in total. The van der Waals surface area contributed by atoms with E-state index in [1.165, 1.54) is 0 Å². The van der Waals surface area contributed by atoms with E-state index in [1.54, 1.807) is 14.2 Å². The van der Waals surface area contributed by atoms with Crippen LogP contribution in [0.3, 0.4) is 0 Å². The Morgan fingerprint density at radius 3 is 2.17 bits per heavy atom. The molecule has 0 saturated carbocycles. The first-order valence-electron chi connectivity index (χ1n) is 5.37. The van der Waals surface area contributed by atoms with E-state index in [-0.39, 0.29) is 0 Å². The van der Waals surface area contributed by atoms with Gasteiger partial charge in [0.15, 0.2) is 0 Å². The number of ether oxygens (including phenoxy) is 2. The average molecular weight is 353 g/mol. The van der Waals surface area contributed by atoms with Gasteiger partial charge in [-0.25, -0.2) is 0 Å².